The number of nitrogens with zero attached hydrogens (tertiary/aromatic N) is 2. The Balaban J connectivity index is 1.64. The molecule has 2 saturated heterocycles. The molecule has 0 aromatic heterocycles. The van der Waals surface area contributed by atoms with Crippen molar-refractivity contribution in [3.8, 4) is 5.75 Å². The van der Waals surface area contributed by atoms with Crippen LogP contribution < -0.4 is 4.74 Å². The van der Waals surface area contributed by atoms with Crippen molar-refractivity contribution in [1.82, 2.24) is 9.21 Å². The SMILES string of the molecule is COc1ccc(C=CCN2C[C@@H]3CN(S(C)(=O)=O)C[C@]3(C(=O)O)C2)cc1. The average Bonchev–Trinajstić information content (AvgIpc) is 3.10. The van der Waals surface area contributed by atoms with Gasteiger partial charge in [0.1, 0.15) is 5.75 Å². The van der Waals surface area contributed by atoms with Gasteiger partial charge in [0.05, 0.1) is 18.8 Å². The average molecular weight is 380 g/mol. The van der Waals surface area contributed by atoms with Crippen LogP contribution in [0.25, 0.3) is 6.08 Å². The van der Waals surface area contributed by atoms with Crippen LogP contribution in [0.4, 0.5) is 0 Å². The maximum Gasteiger partial charge on any atom is 0.312 e. The number of benzene rings is 1. The van der Waals surface area contributed by atoms with Gasteiger partial charge in [0.15, 0.2) is 0 Å². The van der Waals surface area contributed by atoms with E-state index >= 15 is 0 Å². The van der Waals surface area contributed by atoms with Crippen LogP contribution in [0.2, 0.25) is 0 Å². The van der Waals surface area contributed by atoms with Crippen molar-refractivity contribution in [2.24, 2.45) is 11.3 Å². The molecule has 1 aromatic carbocycles. The number of fused-ring (bicyclic) bond motifs is 1. The van der Waals surface area contributed by atoms with Gasteiger partial charge < -0.3 is 9.84 Å². The lowest BCUT2D eigenvalue weighted by atomic mass is 9.81. The zero-order chi connectivity index (χ0) is 18.9. The van der Waals surface area contributed by atoms with E-state index in [2.05, 4.69) is 4.90 Å². The molecule has 0 radical (unpaired) electrons. The Morgan fingerprint density at radius 3 is 2.54 bits per heavy atom. The second-order valence-corrected chi connectivity index (χ2v) is 9.07. The summed E-state index contributed by atoms with van der Waals surface area (Å²) in [6, 6.07) is 7.69. The Morgan fingerprint density at radius 1 is 1.31 bits per heavy atom. The molecule has 0 unspecified atom stereocenters. The predicted octanol–water partition coefficient (Wildman–Crippen LogP) is 0.986. The summed E-state index contributed by atoms with van der Waals surface area (Å²) in [7, 11) is -1.74. The normalized spacial score (nSPS) is 27.1. The molecule has 0 bridgehead atoms. The van der Waals surface area contributed by atoms with Crippen molar-refractivity contribution in [1.29, 1.82) is 0 Å². The molecule has 2 aliphatic heterocycles. The number of carboxylic acid groups (broad SMARTS) is 1. The highest BCUT2D eigenvalue weighted by Gasteiger charge is 2.58. The quantitative estimate of drug-likeness (QED) is 0.792. The summed E-state index contributed by atoms with van der Waals surface area (Å²) in [6.45, 7) is 1.93. The van der Waals surface area contributed by atoms with Gasteiger partial charge in [-0.2, -0.15) is 0 Å². The highest BCUT2D eigenvalue weighted by Crippen LogP contribution is 2.43. The first-order chi connectivity index (χ1) is 12.2. The molecule has 3 rings (SSSR count). The number of hydrogen-bond donors (Lipinski definition) is 1. The van der Waals surface area contributed by atoms with Crippen LogP contribution in [-0.4, -0.2) is 74.8 Å². The lowest BCUT2D eigenvalue weighted by Gasteiger charge is -2.24. The van der Waals surface area contributed by atoms with Gasteiger partial charge in [-0.15, -0.1) is 0 Å². The summed E-state index contributed by atoms with van der Waals surface area (Å²) < 4.78 is 30.0. The molecule has 0 amide bonds. The van der Waals surface area contributed by atoms with E-state index in [4.69, 9.17) is 4.74 Å². The van der Waals surface area contributed by atoms with Crippen LogP contribution in [0.15, 0.2) is 30.3 Å². The molecular formula is C18H24N2O5S. The fraction of sp³-hybridized carbons (Fsp3) is 0.500. The molecular weight excluding hydrogens is 356 g/mol. The molecule has 1 N–H and O–H groups in total. The molecule has 0 spiro atoms. The molecule has 0 aliphatic carbocycles. The number of carboxylic acids is 1. The summed E-state index contributed by atoms with van der Waals surface area (Å²) in [6.07, 6.45) is 5.13. The summed E-state index contributed by atoms with van der Waals surface area (Å²) in [4.78, 5) is 14.0. The number of ether oxygens (including phenoxy) is 1. The number of methoxy groups -OCH3 is 1. The Hall–Kier alpha value is -1.90. The van der Waals surface area contributed by atoms with Crippen LogP contribution in [0.1, 0.15) is 5.56 Å². The van der Waals surface area contributed by atoms with Gasteiger partial charge in [0, 0.05) is 38.6 Å². The molecule has 26 heavy (non-hydrogen) atoms. The highest BCUT2D eigenvalue weighted by molar-refractivity contribution is 7.88. The third-order valence-electron chi connectivity index (χ3n) is 5.33. The lowest BCUT2D eigenvalue weighted by molar-refractivity contribution is -0.148. The molecule has 2 heterocycles. The second-order valence-electron chi connectivity index (χ2n) is 7.08. The minimum atomic E-state index is -3.37. The predicted molar refractivity (Wildman–Crippen MR) is 98.4 cm³/mol. The fourth-order valence-corrected chi connectivity index (χ4v) is 4.79. The minimum absolute atomic E-state index is 0.0600. The van der Waals surface area contributed by atoms with Gasteiger partial charge in [-0.3, -0.25) is 9.69 Å². The summed E-state index contributed by atoms with van der Waals surface area (Å²) >= 11 is 0. The smallest absolute Gasteiger partial charge is 0.312 e. The molecule has 2 aliphatic rings. The van der Waals surface area contributed by atoms with E-state index in [-0.39, 0.29) is 19.0 Å². The maximum atomic E-state index is 11.9. The molecule has 1 aromatic rings. The Kier molecular flexibility index (Phi) is 5.09. The number of likely N-dealkylation sites (tertiary alicyclic amines) is 1. The third-order valence-corrected chi connectivity index (χ3v) is 6.55. The maximum absolute atomic E-state index is 11.9. The summed E-state index contributed by atoms with van der Waals surface area (Å²) in [5.74, 6) is -0.284. The summed E-state index contributed by atoms with van der Waals surface area (Å²) in [5, 5.41) is 9.75. The van der Waals surface area contributed by atoms with Crippen molar-refractivity contribution < 1.29 is 23.1 Å². The van der Waals surface area contributed by atoms with Crippen LogP contribution in [0.3, 0.4) is 0 Å². The molecule has 7 nitrogen and oxygen atoms in total. The van der Waals surface area contributed by atoms with E-state index < -0.39 is 21.4 Å². The largest absolute Gasteiger partial charge is 0.497 e. The fourth-order valence-electron chi connectivity index (χ4n) is 3.87. The molecule has 2 atom stereocenters. The topological polar surface area (TPSA) is 87.2 Å². The zero-order valence-corrected chi connectivity index (χ0v) is 15.8. The van der Waals surface area contributed by atoms with E-state index in [9.17, 15) is 18.3 Å². The van der Waals surface area contributed by atoms with Crippen LogP contribution in [0, 0.1) is 11.3 Å². The van der Waals surface area contributed by atoms with Gasteiger partial charge >= 0.3 is 5.97 Å². The molecule has 2 fully saturated rings. The van der Waals surface area contributed by atoms with E-state index in [0.717, 1.165) is 17.6 Å². The van der Waals surface area contributed by atoms with E-state index in [1.807, 2.05) is 36.4 Å². The first-order valence-electron chi connectivity index (χ1n) is 8.46. The first kappa shape index (κ1) is 18.9. The van der Waals surface area contributed by atoms with Crippen LogP contribution >= 0.6 is 0 Å². The number of rotatable bonds is 6. The van der Waals surface area contributed by atoms with Gasteiger partial charge in [-0.1, -0.05) is 24.3 Å². The van der Waals surface area contributed by atoms with Crippen molar-refractivity contribution in [2.45, 2.75) is 0 Å². The molecule has 142 valence electrons. The van der Waals surface area contributed by atoms with Crippen molar-refractivity contribution >= 4 is 22.1 Å². The van der Waals surface area contributed by atoms with Gasteiger partial charge in [-0.25, -0.2) is 12.7 Å². The Bertz CT molecular complexity index is 805. The van der Waals surface area contributed by atoms with E-state index in [0.29, 0.717) is 19.6 Å². The van der Waals surface area contributed by atoms with Crippen LogP contribution in [0.5, 0.6) is 5.75 Å². The van der Waals surface area contributed by atoms with Crippen LogP contribution in [-0.2, 0) is 14.8 Å². The van der Waals surface area contributed by atoms with Gasteiger partial charge in [-0.05, 0) is 17.7 Å². The van der Waals surface area contributed by atoms with Gasteiger partial charge in [0.25, 0.3) is 0 Å². The first-order valence-corrected chi connectivity index (χ1v) is 10.3. The number of aliphatic carboxylic acids is 1. The Labute approximate surface area is 153 Å². The number of carbonyl (C=O) groups is 1. The number of sulfonamides is 1. The minimum Gasteiger partial charge on any atom is -0.497 e. The van der Waals surface area contributed by atoms with Crippen molar-refractivity contribution in [3.05, 3.63) is 35.9 Å². The second kappa shape index (κ2) is 7.02. The van der Waals surface area contributed by atoms with Crippen molar-refractivity contribution in [3.63, 3.8) is 0 Å². The Morgan fingerprint density at radius 2 is 2.00 bits per heavy atom. The highest BCUT2D eigenvalue weighted by atomic mass is 32.2. The summed E-state index contributed by atoms with van der Waals surface area (Å²) in [5.41, 5.74) is 0.0400. The monoisotopic (exact) mass is 380 g/mol. The van der Waals surface area contributed by atoms with E-state index in [1.165, 1.54) is 4.31 Å². The molecule has 0 saturated carbocycles. The van der Waals surface area contributed by atoms with E-state index in [1.54, 1.807) is 7.11 Å². The molecule has 8 heteroatoms. The third kappa shape index (κ3) is 3.62. The number of hydrogen-bond acceptors (Lipinski definition) is 5. The van der Waals surface area contributed by atoms with Gasteiger partial charge in [0.2, 0.25) is 10.0 Å². The van der Waals surface area contributed by atoms with Crippen molar-refractivity contribution in [2.75, 3.05) is 46.1 Å². The standard InChI is InChI=1S/C18H24N2O5S/c1-25-16-7-5-14(6-8-16)4-3-9-19-10-15-11-20(26(2,23)24)13-18(15,12-19)17(21)22/h3-8,15H,9-13H2,1-2H3,(H,21,22)/t15-,18-/m1/s1. The zero-order valence-electron chi connectivity index (χ0n) is 15.0. The lowest BCUT2D eigenvalue weighted by Crippen LogP contribution is -2.41.